The van der Waals surface area contributed by atoms with Crippen molar-refractivity contribution in [3.63, 3.8) is 0 Å². The zero-order valence-corrected chi connectivity index (χ0v) is 15.8. The second kappa shape index (κ2) is 7.21. The Morgan fingerprint density at radius 1 is 1.12 bits per heavy atom. The minimum atomic E-state index is 0.409. The van der Waals surface area contributed by atoms with Crippen molar-refractivity contribution in [2.45, 2.75) is 19.8 Å². The molecule has 24 heavy (non-hydrogen) atoms. The molecule has 0 aliphatic heterocycles. The highest BCUT2D eigenvalue weighted by atomic mass is 79.9. The summed E-state index contributed by atoms with van der Waals surface area (Å²) in [5.74, 6) is 2.26. The van der Waals surface area contributed by atoms with Gasteiger partial charge in [0, 0.05) is 42.3 Å². The maximum absolute atomic E-state index is 4.81. The van der Waals surface area contributed by atoms with Gasteiger partial charge in [0.15, 0.2) is 0 Å². The molecule has 2 aromatic heterocycles. The first-order valence-electron chi connectivity index (χ1n) is 8.10. The van der Waals surface area contributed by atoms with E-state index < -0.39 is 0 Å². The van der Waals surface area contributed by atoms with Gasteiger partial charge < -0.3 is 10.6 Å². The molecule has 0 bridgehead atoms. The Kier molecular flexibility index (Phi) is 5.04. The van der Waals surface area contributed by atoms with E-state index in [1.165, 1.54) is 5.56 Å². The molecule has 0 unspecified atom stereocenters. The highest BCUT2D eigenvalue weighted by Crippen LogP contribution is 2.28. The summed E-state index contributed by atoms with van der Waals surface area (Å²) in [4.78, 5) is 4.81. The maximum Gasteiger partial charge on any atom is 0.148 e. The Labute approximate surface area is 150 Å². The number of halogens is 1. The van der Waals surface area contributed by atoms with E-state index in [4.69, 9.17) is 4.98 Å². The van der Waals surface area contributed by atoms with Crippen LogP contribution in [0.4, 0.5) is 11.6 Å². The first-order chi connectivity index (χ1) is 11.5. The first-order valence-corrected chi connectivity index (χ1v) is 8.90. The molecular weight excluding hydrogens is 366 g/mol. The normalized spacial score (nSPS) is 11.2. The van der Waals surface area contributed by atoms with Crippen molar-refractivity contribution in [3.8, 4) is 0 Å². The SMILES string of the molecule is CC(C)c1cc2cc(Br)ccc2nc1NCCNc1ccn(C)n1. The highest BCUT2D eigenvalue weighted by molar-refractivity contribution is 9.10. The standard InChI is InChI=1S/C18H22BrN5/c1-12(2)15-11-13-10-14(19)4-5-16(13)22-18(15)21-8-7-20-17-6-9-24(3)23-17/h4-6,9-12H,7-8H2,1-3H3,(H,20,23)(H,21,22). The van der Waals surface area contributed by atoms with Crippen LogP contribution in [0.25, 0.3) is 10.9 Å². The van der Waals surface area contributed by atoms with Gasteiger partial charge in [-0.2, -0.15) is 5.10 Å². The number of pyridine rings is 1. The van der Waals surface area contributed by atoms with Crippen LogP contribution in [-0.4, -0.2) is 27.9 Å². The smallest absolute Gasteiger partial charge is 0.148 e. The number of anilines is 2. The average Bonchev–Trinajstić information content (AvgIpc) is 2.96. The van der Waals surface area contributed by atoms with Crippen molar-refractivity contribution in [2.24, 2.45) is 7.05 Å². The van der Waals surface area contributed by atoms with Crippen molar-refractivity contribution in [1.29, 1.82) is 0 Å². The Balaban J connectivity index is 1.72. The van der Waals surface area contributed by atoms with Gasteiger partial charge in [0.25, 0.3) is 0 Å². The largest absolute Gasteiger partial charge is 0.368 e. The maximum atomic E-state index is 4.81. The average molecular weight is 388 g/mol. The zero-order valence-electron chi connectivity index (χ0n) is 14.2. The van der Waals surface area contributed by atoms with Crippen LogP contribution >= 0.6 is 15.9 Å². The van der Waals surface area contributed by atoms with Crippen molar-refractivity contribution >= 4 is 38.5 Å². The molecule has 0 saturated heterocycles. The number of aryl methyl sites for hydroxylation is 1. The van der Waals surface area contributed by atoms with Crippen LogP contribution in [0, 0.1) is 0 Å². The highest BCUT2D eigenvalue weighted by Gasteiger charge is 2.10. The fourth-order valence-corrected chi connectivity index (χ4v) is 3.01. The van der Waals surface area contributed by atoms with Gasteiger partial charge in [-0.05, 0) is 35.7 Å². The van der Waals surface area contributed by atoms with E-state index in [0.29, 0.717) is 5.92 Å². The number of nitrogens with one attached hydrogen (secondary N) is 2. The monoisotopic (exact) mass is 387 g/mol. The molecule has 2 N–H and O–H groups in total. The summed E-state index contributed by atoms with van der Waals surface area (Å²) in [5, 5.41) is 12.2. The Morgan fingerprint density at radius 3 is 2.62 bits per heavy atom. The molecule has 0 aliphatic rings. The van der Waals surface area contributed by atoms with E-state index in [9.17, 15) is 0 Å². The number of hydrogen-bond donors (Lipinski definition) is 2. The van der Waals surface area contributed by atoms with Gasteiger partial charge in [0.1, 0.15) is 11.6 Å². The summed E-state index contributed by atoms with van der Waals surface area (Å²) in [6.45, 7) is 5.95. The van der Waals surface area contributed by atoms with Crippen molar-refractivity contribution in [3.05, 3.63) is 46.6 Å². The second-order valence-corrected chi connectivity index (χ2v) is 7.06. The summed E-state index contributed by atoms with van der Waals surface area (Å²) in [7, 11) is 1.91. The van der Waals surface area contributed by atoms with Crippen LogP contribution in [0.3, 0.4) is 0 Å². The molecule has 5 nitrogen and oxygen atoms in total. The van der Waals surface area contributed by atoms with Crippen LogP contribution < -0.4 is 10.6 Å². The van der Waals surface area contributed by atoms with Gasteiger partial charge in [-0.3, -0.25) is 4.68 Å². The van der Waals surface area contributed by atoms with Crippen LogP contribution in [-0.2, 0) is 7.05 Å². The Morgan fingerprint density at radius 2 is 1.92 bits per heavy atom. The number of hydrogen-bond acceptors (Lipinski definition) is 4. The molecule has 0 atom stereocenters. The van der Waals surface area contributed by atoms with Crippen molar-refractivity contribution in [1.82, 2.24) is 14.8 Å². The molecular formula is C18H22BrN5. The quantitative estimate of drug-likeness (QED) is 0.616. The molecule has 0 saturated carbocycles. The molecule has 1 aromatic carbocycles. The molecule has 0 aliphatic carbocycles. The molecule has 3 aromatic rings. The third-order valence-electron chi connectivity index (χ3n) is 3.87. The molecule has 126 valence electrons. The second-order valence-electron chi connectivity index (χ2n) is 6.15. The fraction of sp³-hybridized carbons (Fsp3) is 0.333. The van der Waals surface area contributed by atoms with Gasteiger partial charge in [-0.15, -0.1) is 0 Å². The lowest BCUT2D eigenvalue weighted by Gasteiger charge is -2.15. The van der Waals surface area contributed by atoms with E-state index in [1.807, 2.05) is 31.4 Å². The van der Waals surface area contributed by atoms with E-state index in [2.05, 4.69) is 57.6 Å². The van der Waals surface area contributed by atoms with Crippen LogP contribution in [0.15, 0.2) is 41.0 Å². The predicted octanol–water partition coefficient (Wildman–Crippen LogP) is 4.38. The Bertz CT molecular complexity index is 841. The molecule has 0 fully saturated rings. The number of benzene rings is 1. The summed E-state index contributed by atoms with van der Waals surface area (Å²) < 4.78 is 2.86. The molecule has 3 rings (SSSR count). The minimum Gasteiger partial charge on any atom is -0.368 e. The van der Waals surface area contributed by atoms with E-state index in [1.54, 1.807) is 4.68 Å². The molecule has 0 spiro atoms. The van der Waals surface area contributed by atoms with E-state index in [-0.39, 0.29) is 0 Å². The Hall–Kier alpha value is -2.08. The summed E-state index contributed by atoms with van der Waals surface area (Å²) in [5.41, 5.74) is 2.24. The van der Waals surface area contributed by atoms with Crippen LogP contribution in [0.1, 0.15) is 25.3 Å². The van der Waals surface area contributed by atoms with Crippen LogP contribution in [0.2, 0.25) is 0 Å². The summed E-state index contributed by atoms with van der Waals surface area (Å²) >= 11 is 3.53. The summed E-state index contributed by atoms with van der Waals surface area (Å²) in [6, 6.07) is 10.4. The lowest BCUT2D eigenvalue weighted by molar-refractivity contribution is 0.768. The minimum absolute atomic E-state index is 0.409. The topological polar surface area (TPSA) is 54.8 Å². The van der Waals surface area contributed by atoms with Crippen LogP contribution in [0.5, 0.6) is 0 Å². The molecule has 2 heterocycles. The third-order valence-corrected chi connectivity index (χ3v) is 4.36. The number of fused-ring (bicyclic) bond motifs is 1. The lowest BCUT2D eigenvalue weighted by atomic mass is 10.0. The van der Waals surface area contributed by atoms with Gasteiger partial charge >= 0.3 is 0 Å². The number of nitrogens with zero attached hydrogens (tertiary/aromatic N) is 3. The van der Waals surface area contributed by atoms with Crippen molar-refractivity contribution in [2.75, 3.05) is 23.7 Å². The number of aromatic nitrogens is 3. The third kappa shape index (κ3) is 3.87. The zero-order chi connectivity index (χ0) is 17.1. The first kappa shape index (κ1) is 16.8. The van der Waals surface area contributed by atoms with Gasteiger partial charge in [-0.1, -0.05) is 29.8 Å². The predicted molar refractivity (Wildman–Crippen MR) is 104 cm³/mol. The van der Waals surface area contributed by atoms with E-state index >= 15 is 0 Å². The lowest BCUT2D eigenvalue weighted by Crippen LogP contribution is -2.16. The summed E-state index contributed by atoms with van der Waals surface area (Å²) in [6.07, 6.45) is 1.93. The fourth-order valence-electron chi connectivity index (χ4n) is 2.63. The number of rotatable bonds is 6. The molecule has 6 heteroatoms. The van der Waals surface area contributed by atoms with Gasteiger partial charge in [-0.25, -0.2) is 4.98 Å². The van der Waals surface area contributed by atoms with Gasteiger partial charge in [0.05, 0.1) is 5.52 Å². The van der Waals surface area contributed by atoms with Crippen molar-refractivity contribution < 1.29 is 0 Å². The van der Waals surface area contributed by atoms with E-state index in [0.717, 1.165) is 40.1 Å². The molecule has 0 amide bonds. The van der Waals surface area contributed by atoms with Gasteiger partial charge in [0.2, 0.25) is 0 Å². The molecule has 0 radical (unpaired) electrons.